The molecule has 0 saturated heterocycles. The van der Waals surface area contributed by atoms with Gasteiger partial charge in [0.05, 0.1) is 0 Å². The first-order valence-electron chi connectivity index (χ1n) is 8.87. The normalized spacial score (nSPS) is 11.8. The van der Waals surface area contributed by atoms with Crippen molar-refractivity contribution in [1.82, 2.24) is 4.98 Å². The second-order valence-electron chi connectivity index (χ2n) is 7.02. The largest absolute Gasteiger partial charge is 0.264 e. The van der Waals surface area contributed by atoms with Crippen molar-refractivity contribution in [2.45, 2.75) is 0 Å². The maximum atomic E-state index is 4.25. The highest BCUT2D eigenvalue weighted by atomic mass is 14.6. The van der Waals surface area contributed by atoms with Gasteiger partial charge in [-0.1, -0.05) is 24.3 Å². The molecule has 0 atom stereocenters. The Balaban J connectivity index is 1.72. The highest BCUT2D eigenvalue weighted by molar-refractivity contribution is 6.10. The molecule has 0 unspecified atom stereocenters. The van der Waals surface area contributed by atoms with Gasteiger partial charge in [-0.2, -0.15) is 0 Å². The Kier molecular flexibility index (Phi) is 2.67. The van der Waals surface area contributed by atoms with E-state index in [0.717, 1.165) is 0 Å². The minimum Gasteiger partial charge on any atom is -0.264 e. The molecular weight excluding hydrogens is 314 g/mol. The van der Waals surface area contributed by atoms with Crippen molar-refractivity contribution in [1.29, 1.82) is 0 Å². The first-order chi connectivity index (χ1) is 12.8. The fraction of sp³-hybridized carbons (Fsp3) is 0. The molecule has 0 bridgehead atoms. The van der Waals surface area contributed by atoms with Crippen molar-refractivity contribution in [3.63, 3.8) is 0 Å². The molecule has 0 N–H and O–H groups in total. The molecule has 6 rings (SSSR count). The molecule has 5 aromatic carbocycles. The number of rotatable bonds is 0. The quantitative estimate of drug-likeness (QED) is 0.278. The summed E-state index contributed by atoms with van der Waals surface area (Å²) in [5.41, 5.74) is 0. The van der Waals surface area contributed by atoms with Crippen LogP contribution >= 0.6 is 0 Å². The SMILES string of the molecule is c1ccc2cc3cc4cc5cc6cnccc6cc5cc4cc3cc2c1. The predicted octanol–water partition coefficient (Wildman–Crippen LogP) is 6.85. The van der Waals surface area contributed by atoms with Gasteiger partial charge in [0.2, 0.25) is 0 Å². The smallest absolute Gasteiger partial charge is 0.0346 e. The Morgan fingerprint density at radius 1 is 0.385 bits per heavy atom. The van der Waals surface area contributed by atoms with Crippen molar-refractivity contribution in [2.75, 3.05) is 0 Å². The number of pyridine rings is 1. The Bertz CT molecular complexity index is 1260. The summed E-state index contributed by atoms with van der Waals surface area (Å²) in [4.78, 5) is 4.25. The Morgan fingerprint density at radius 3 is 1.27 bits per heavy atom. The van der Waals surface area contributed by atoms with Crippen molar-refractivity contribution < 1.29 is 0 Å². The van der Waals surface area contributed by atoms with Crippen molar-refractivity contribution in [2.24, 2.45) is 0 Å². The standard InChI is InChI=1S/C25H15N/c1-2-4-17-8-20-11-23-13-24-14-25-15-26-6-5-18(25)9-21(24)12-22(23)10-19(20)7-16(17)3-1/h1-15H. The summed E-state index contributed by atoms with van der Waals surface area (Å²) in [6, 6.07) is 28.9. The number of nitrogens with zero attached hydrogens (tertiary/aromatic N) is 1. The maximum absolute atomic E-state index is 4.25. The fourth-order valence-electron chi connectivity index (χ4n) is 4.03. The lowest BCUT2D eigenvalue weighted by Gasteiger charge is -2.08. The average molecular weight is 329 g/mol. The molecule has 26 heavy (non-hydrogen) atoms. The lowest BCUT2D eigenvalue weighted by molar-refractivity contribution is 1.37. The number of aromatic nitrogens is 1. The zero-order chi connectivity index (χ0) is 17.1. The molecule has 0 aliphatic carbocycles. The Morgan fingerprint density at radius 2 is 0.769 bits per heavy atom. The van der Waals surface area contributed by atoms with Gasteiger partial charge in [0.15, 0.2) is 0 Å². The van der Waals surface area contributed by atoms with Crippen LogP contribution in [0.2, 0.25) is 0 Å². The molecule has 0 spiro atoms. The summed E-state index contributed by atoms with van der Waals surface area (Å²) < 4.78 is 0. The van der Waals surface area contributed by atoms with E-state index in [9.17, 15) is 0 Å². The van der Waals surface area contributed by atoms with E-state index in [-0.39, 0.29) is 0 Å². The summed E-state index contributed by atoms with van der Waals surface area (Å²) in [6.45, 7) is 0. The van der Waals surface area contributed by atoms with Gasteiger partial charge < -0.3 is 0 Å². The first-order valence-corrected chi connectivity index (χ1v) is 8.87. The van der Waals surface area contributed by atoms with Crippen LogP contribution < -0.4 is 0 Å². The molecule has 1 nitrogen and oxygen atoms in total. The average Bonchev–Trinajstić information content (AvgIpc) is 2.67. The molecular formula is C25H15N. The van der Waals surface area contributed by atoms with E-state index in [2.05, 4.69) is 83.8 Å². The number of hydrogen-bond acceptors (Lipinski definition) is 1. The summed E-state index contributed by atoms with van der Waals surface area (Å²) >= 11 is 0. The Hall–Kier alpha value is -3.45. The molecule has 1 heteroatoms. The molecule has 0 aliphatic heterocycles. The van der Waals surface area contributed by atoms with E-state index < -0.39 is 0 Å². The second kappa shape index (κ2) is 5.03. The fourth-order valence-corrected chi connectivity index (χ4v) is 4.03. The predicted molar refractivity (Wildman–Crippen MR) is 112 cm³/mol. The Labute approximate surface area is 150 Å². The van der Waals surface area contributed by atoms with Crippen LogP contribution in [0, 0.1) is 0 Å². The van der Waals surface area contributed by atoms with E-state index in [4.69, 9.17) is 0 Å². The van der Waals surface area contributed by atoms with Gasteiger partial charge in [-0.15, -0.1) is 0 Å². The molecule has 0 saturated carbocycles. The van der Waals surface area contributed by atoms with Crippen LogP contribution in [-0.2, 0) is 0 Å². The van der Waals surface area contributed by atoms with Gasteiger partial charge in [-0.3, -0.25) is 4.98 Å². The topological polar surface area (TPSA) is 12.9 Å². The monoisotopic (exact) mass is 329 g/mol. The maximum Gasteiger partial charge on any atom is 0.0346 e. The third kappa shape index (κ3) is 2.01. The van der Waals surface area contributed by atoms with Crippen molar-refractivity contribution in [3.05, 3.63) is 91.3 Å². The summed E-state index contributed by atoms with van der Waals surface area (Å²) in [7, 11) is 0. The minimum absolute atomic E-state index is 1.19. The molecule has 6 aromatic rings. The molecule has 0 fully saturated rings. The van der Waals surface area contributed by atoms with E-state index >= 15 is 0 Å². The van der Waals surface area contributed by atoms with Crippen LogP contribution in [0.4, 0.5) is 0 Å². The lowest BCUT2D eigenvalue weighted by atomic mass is 9.96. The summed E-state index contributed by atoms with van der Waals surface area (Å²) in [6.07, 6.45) is 3.79. The first kappa shape index (κ1) is 13.8. The highest BCUT2D eigenvalue weighted by Gasteiger charge is 2.04. The zero-order valence-corrected chi connectivity index (χ0v) is 14.1. The molecule has 1 aromatic heterocycles. The summed E-state index contributed by atoms with van der Waals surface area (Å²) in [5, 5.41) is 12.7. The van der Waals surface area contributed by atoms with E-state index in [1.165, 1.54) is 53.9 Å². The number of hydrogen-bond donors (Lipinski definition) is 0. The van der Waals surface area contributed by atoms with E-state index in [1.807, 2.05) is 12.4 Å². The van der Waals surface area contributed by atoms with Crippen LogP contribution in [0.25, 0.3) is 53.9 Å². The third-order valence-electron chi connectivity index (χ3n) is 5.37. The van der Waals surface area contributed by atoms with Gasteiger partial charge >= 0.3 is 0 Å². The van der Waals surface area contributed by atoms with Gasteiger partial charge in [0.25, 0.3) is 0 Å². The molecule has 0 aliphatic rings. The van der Waals surface area contributed by atoms with Gasteiger partial charge in [-0.25, -0.2) is 0 Å². The van der Waals surface area contributed by atoms with E-state index in [0.29, 0.717) is 0 Å². The lowest BCUT2D eigenvalue weighted by Crippen LogP contribution is -1.82. The number of benzene rings is 5. The van der Waals surface area contributed by atoms with Gasteiger partial charge in [-0.05, 0) is 103 Å². The molecule has 120 valence electrons. The van der Waals surface area contributed by atoms with Crippen molar-refractivity contribution in [3.8, 4) is 0 Å². The van der Waals surface area contributed by atoms with Gasteiger partial charge in [0, 0.05) is 17.8 Å². The van der Waals surface area contributed by atoms with Crippen LogP contribution in [0.3, 0.4) is 0 Å². The van der Waals surface area contributed by atoms with Gasteiger partial charge in [0.1, 0.15) is 0 Å². The number of fused-ring (bicyclic) bond motifs is 5. The summed E-state index contributed by atoms with van der Waals surface area (Å²) in [5.74, 6) is 0. The minimum atomic E-state index is 1.19. The molecule has 1 heterocycles. The van der Waals surface area contributed by atoms with Crippen LogP contribution in [0.15, 0.2) is 91.3 Å². The highest BCUT2D eigenvalue weighted by Crippen LogP contribution is 2.31. The van der Waals surface area contributed by atoms with Crippen molar-refractivity contribution >= 4 is 53.9 Å². The zero-order valence-electron chi connectivity index (χ0n) is 14.1. The van der Waals surface area contributed by atoms with Crippen LogP contribution in [-0.4, -0.2) is 4.98 Å². The third-order valence-corrected chi connectivity index (χ3v) is 5.37. The molecule has 0 amide bonds. The van der Waals surface area contributed by atoms with Crippen LogP contribution in [0.1, 0.15) is 0 Å². The second-order valence-corrected chi connectivity index (χ2v) is 7.02. The molecule has 0 radical (unpaired) electrons. The van der Waals surface area contributed by atoms with E-state index in [1.54, 1.807) is 0 Å². The van der Waals surface area contributed by atoms with Crippen LogP contribution in [0.5, 0.6) is 0 Å².